The van der Waals surface area contributed by atoms with Crippen LogP contribution in [0.2, 0.25) is 0 Å². The topological polar surface area (TPSA) is 43.4 Å². The molecule has 4 heteroatoms. The second-order valence-electron chi connectivity index (χ2n) is 11.5. The molecule has 0 spiro atoms. The summed E-state index contributed by atoms with van der Waals surface area (Å²) in [6, 6.07) is 7.67. The Labute approximate surface area is 238 Å². The number of hydrogen-bond donors (Lipinski definition) is 0. The second kappa shape index (κ2) is 25.0. The highest BCUT2D eigenvalue weighted by Gasteiger charge is 2.12. The van der Waals surface area contributed by atoms with Crippen LogP contribution in [0.15, 0.2) is 24.3 Å². The highest BCUT2D eigenvalue weighted by atomic mass is 32.2. The van der Waals surface area contributed by atoms with Gasteiger partial charge in [0.2, 0.25) is 0 Å². The van der Waals surface area contributed by atoms with Gasteiger partial charge < -0.3 is 4.18 Å². The lowest BCUT2D eigenvalue weighted by Gasteiger charge is -2.08. The normalized spacial score (nSPS) is 11.7. The molecule has 0 amide bonds. The molecule has 0 bridgehead atoms. The molecular weight excluding hydrogens is 488 g/mol. The molecule has 0 radical (unpaired) electrons. The molecular formula is C34H62O3S. The lowest BCUT2D eigenvalue weighted by Crippen LogP contribution is -2.13. The minimum absolute atomic E-state index is 0.116. The van der Waals surface area contributed by atoms with E-state index in [2.05, 4.69) is 13.8 Å². The third kappa shape index (κ3) is 21.9. The standard InChI is InChI=1S/C34H62O3S/c1-3-5-7-9-11-13-15-17-19-21-23-25-27-33-28-30-34(31-29-33)37-38(35,36)32-26-24-22-20-18-16-14-12-10-8-6-4-2/h28-31H,3-27,32H2,1-2H3. The number of hydrogen-bond acceptors (Lipinski definition) is 3. The van der Waals surface area contributed by atoms with E-state index in [1.54, 1.807) is 0 Å². The van der Waals surface area contributed by atoms with Crippen LogP contribution in [0, 0.1) is 0 Å². The lowest BCUT2D eigenvalue weighted by atomic mass is 10.0. The largest absolute Gasteiger partial charge is 0.382 e. The van der Waals surface area contributed by atoms with Crippen LogP contribution in [-0.4, -0.2) is 14.2 Å². The Kier molecular flexibility index (Phi) is 23.0. The summed E-state index contributed by atoms with van der Waals surface area (Å²) < 4.78 is 30.0. The first-order valence-electron chi connectivity index (χ1n) is 16.6. The maximum atomic E-state index is 12.3. The number of benzene rings is 1. The van der Waals surface area contributed by atoms with E-state index in [1.807, 2.05) is 24.3 Å². The minimum atomic E-state index is -3.50. The van der Waals surface area contributed by atoms with E-state index in [-0.39, 0.29) is 5.75 Å². The van der Waals surface area contributed by atoms with Crippen LogP contribution < -0.4 is 4.18 Å². The Balaban J connectivity index is 2.01. The van der Waals surface area contributed by atoms with Crippen molar-refractivity contribution in [3.05, 3.63) is 29.8 Å². The highest BCUT2D eigenvalue weighted by molar-refractivity contribution is 7.87. The molecule has 0 fully saturated rings. The van der Waals surface area contributed by atoms with Gasteiger partial charge in [0.1, 0.15) is 5.75 Å². The van der Waals surface area contributed by atoms with E-state index in [0.29, 0.717) is 12.2 Å². The summed E-state index contributed by atoms with van der Waals surface area (Å²) >= 11 is 0. The molecule has 1 aromatic rings. The maximum Gasteiger partial charge on any atom is 0.309 e. The zero-order valence-corrected chi connectivity index (χ0v) is 26.1. The summed E-state index contributed by atoms with van der Waals surface area (Å²) in [6.45, 7) is 4.54. The van der Waals surface area contributed by atoms with Crippen LogP contribution in [-0.2, 0) is 16.5 Å². The monoisotopic (exact) mass is 550 g/mol. The third-order valence-electron chi connectivity index (χ3n) is 7.71. The van der Waals surface area contributed by atoms with Crippen molar-refractivity contribution >= 4 is 10.1 Å². The third-order valence-corrected chi connectivity index (χ3v) is 8.95. The van der Waals surface area contributed by atoms with Gasteiger partial charge in [-0.05, 0) is 37.0 Å². The van der Waals surface area contributed by atoms with Crippen LogP contribution in [0.5, 0.6) is 5.75 Å². The van der Waals surface area contributed by atoms with E-state index < -0.39 is 10.1 Å². The van der Waals surface area contributed by atoms with E-state index >= 15 is 0 Å². The van der Waals surface area contributed by atoms with Crippen molar-refractivity contribution in [1.82, 2.24) is 0 Å². The Morgan fingerprint density at radius 2 is 0.816 bits per heavy atom. The molecule has 0 aliphatic carbocycles. The number of rotatable bonds is 28. The fourth-order valence-corrected chi connectivity index (χ4v) is 6.24. The fraction of sp³-hybridized carbons (Fsp3) is 0.824. The molecule has 1 aromatic carbocycles. The van der Waals surface area contributed by atoms with Gasteiger partial charge in [0.05, 0.1) is 5.75 Å². The fourth-order valence-electron chi connectivity index (χ4n) is 5.19. The molecule has 0 aliphatic rings. The molecule has 3 nitrogen and oxygen atoms in total. The average Bonchev–Trinajstić information content (AvgIpc) is 2.90. The predicted molar refractivity (Wildman–Crippen MR) is 167 cm³/mol. The van der Waals surface area contributed by atoms with E-state index in [9.17, 15) is 8.42 Å². The van der Waals surface area contributed by atoms with E-state index in [4.69, 9.17) is 4.18 Å². The van der Waals surface area contributed by atoms with Crippen LogP contribution in [0.4, 0.5) is 0 Å². The lowest BCUT2D eigenvalue weighted by molar-refractivity contribution is 0.481. The molecule has 0 N–H and O–H groups in total. The van der Waals surface area contributed by atoms with Gasteiger partial charge in [-0.1, -0.05) is 167 Å². The zero-order valence-electron chi connectivity index (χ0n) is 25.3. The zero-order chi connectivity index (χ0) is 27.6. The van der Waals surface area contributed by atoms with Gasteiger partial charge in [-0.2, -0.15) is 8.42 Å². The first-order valence-corrected chi connectivity index (χ1v) is 18.2. The van der Waals surface area contributed by atoms with Crippen LogP contribution in [0.25, 0.3) is 0 Å². The van der Waals surface area contributed by atoms with Crippen molar-refractivity contribution in [2.24, 2.45) is 0 Å². The van der Waals surface area contributed by atoms with Gasteiger partial charge in [0.25, 0.3) is 0 Å². The molecule has 222 valence electrons. The molecule has 0 aliphatic heterocycles. The maximum absolute atomic E-state index is 12.3. The molecule has 38 heavy (non-hydrogen) atoms. The summed E-state index contributed by atoms with van der Waals surface area (Å²) in [5.41, 5.74) is 1.27. The average molecular weight is 551 g/mol. The van der Waals surface area contributed by atoms with Gasteiger partial charge in [-0.15, -0.1) is 0 Å². The van der Waals surface area contributed by atoms with Gasteiger partial charge in [0, 0.05) is 0 Å². The first-order chi connectivity index (χ1) is 18.6. The first kappa shape index (κ1) is 35.0. The molecule has 0 unspecified atom stereocenters. The summed E-state index contributed by atoms with van der Waals surface area (Å²) in [6.07, 6.45) is 32.2. The summed E-state index contributed by atoms with van der Waals surface area (Å²) in [5.74, 6) is 0.563. The van der Waals surface area contributed by atoms with Crippen molar-refractivity contribution in [2.45, 2.75) is 174 Å². The SMILES string of the molecule is CCCCCCCCCCCCCCc1ccc(OS(=O)(=O)CCCCCCCCCCCCCC)cc1. The quantitative estimate of drug-likeness (QED) is 0.0769. The van der Waals surface area contributed by atoms with Gasteiger partial charge in [-0.25, -0.2) is 0 Å². The van der Waals surface area contributed by atoms with Crippen molar-refractivity contribution in [1.29, 1.82) is 0 Å². The summed E-state index contributed by atoms with van der Waals surface area (Å²) in [4.78, 5) is 0. The van der Waals surface area contributed by atoms with Gasteiger partial charge in [0.15, 0.2) is 0 Å². The van der Waals surface area contributed by atoms with Crippen LogP contribution in [0.1, 0.15) is 174 Å². The van der Waals surface area contributed by atoms with Crippen LogP contribution >= 0.6 is 0 Å². The van der Waals surface area contributed by atoms with Crippen molar-refractivity contribution in [3.63, 3.8) is 0 Å². The van der Waals surface area contributed by atoms with Crippen LogP contribution in [0.3, 0.4) is 0 Å². The molecule has 0 saturated carbocycles. The Bertz CT molecular complexity index is 727. The Morgan fingerprint density at radius 3 is 1.21 bits per heavy atom. The summed E-state index contributed by atoms with van der Waals surface area (Å²) in [7, 11) is -3.50. The number of unbranched alkanes of at least 4 members (excludes halogenated alkanes) is 22. The smallest absolute Gasteiger partial charge is 0.309 e. The highest BCUT2D eigenvalue weighted by Crippen LogP contribution is 2.18. The van der Waals surface area contributed by atoms with E-state index in [1.165, 1.54) is 140 Å². The molecule has 0 saturated heterocycles. The minimum Gasteiger partial charge on any atom is -0.382 e. The summed E-state index contributed by atoms with van der Waals surface area (Å²) in [5, 5.41) is 0. The van der Waals surface area contributed by atoms with E-state index in [0.717, 1.165) is 19.3 Å². The Morgan fingerprint density at radius 1 is 0.474 bits per heavy atom. The predicted octanol–water partition coefficient (Wildman–Crippen LogP) is 11.3. The molecule has 0 atom stereocenters. The van der Waals surface area contributed by atoms with Crippen molar-refractivity contribution in [2.75, 3.05) is 5.75 Å². The number of aryl methyl sites for hydroxylation is 1. The molecule has 0 aromatic heterocycles. The van der Waals surface area contributed by atoms with Crippen molar-refractivity contribution in [3.8, 4) is 5.75 Å². The van der Waals surface area contributed by atoms with Crippen molar-refractivity contribution < 1.29 is 12.6 Å². The second-order valence-corrected chi connectivity index (χ2v) is 13.2. The Hall–Kier alpha value is -1.03. The van der Waals surface area contributed by atoms with Gasteiger partial charge >= 0.3 is 10.1 Å². The van der Waals surface area contributed by atoms with Gasteiger partial charge in [-0.3, -0.25) is 0 Å². The molecule has 0 heterocycles. The molecule has 1 rings (SSSR count).